The maximum absolute atomic E-state index is 10.7. The van der Waals surface area contributed by atoms with Gasteiger partial charge in [-0.3, -0.25) is 18.9 Å². The summed E-state index contributed by atoms with van der Waals surface area (Å²) in [4.78, 5) is 16.4. The van der Waals surface area contributed by atoms with Gasteiger partial charge in [-0.05, 0) is 0 Å². The van der Waals surface area contributed by atoms with Crippen molar-refractivity contribution in [2.75, 3.05) is 17.2 Å². The van der Waals surface area contributed by atoms with E-state index in [0.717, 1.165) is 0 Å². The van der Waals surface area contributed by atoms with Gasteiger partial charge in [-0.25, -0.2) is 0 Å². The second-order valence-corrected chi connectivity index (χ2v) is 3.09. The molecule has 0 aliphatic heterocycles. The van der Waals surface area contributed by atoms with Crippen LogP contribution in [0, 0.1) is 0 Å². The third-order valence-corrected chi connectivity index (χ3v) is 1.00. The van der Waals surface area contributed by atoms with E-state index in [1.165, 1.54) is 0 Å². The second-order valence-electron chi connectivity index (χ2n) is 2.20. The quantitative estimate of drug-likeness (QED) is 0.274. The normalized spacial score (nSPS) is 10.3. The van der Waals surface area contributed by atoms with Gasteiger partial charge in [-0.15, -0.1) is 0 Å². The maximum atomic E-state index is 10.7. The van der Waals surface area contributed by atoms with Crippen LogP contribution in [0.1, 0.15) is 0 Å². The smallest absolute Gasteiger partial charge is 0.391 e. The number of aromatic nitrogens is 2. The van der Waals surface area contributed by atoms with Crippen molar-refractivity contribution in [2.45, 2.75) is 0 Å². The van der Waals surface area contributed by atoms with Crippen molar-refractivity contribution in [3.8, 4) is 0 Å². The van der Waals surface area contributed by atoms with E-state index in [-0.39, 0.29) is 17.5 Å². The monoisotopic (exact) mass is 241 g/mol. The van der Waals surface area contributed by atoms with Gasteiger partial charge < -0.3 is 17.2 Å². The molecule has 0 unspecified atom stereocenters. The standard InChI is InChI=1S/C4H7N5O.H2O4S/c5-1-2(6)8-4(7)9-3(1)10;1-5(2,3)4/h5H2,(H5,6,7,8,9,10);(H2,1,2,3,4)/i1+1,2+1;. The Hall–Kier alpha value is -1.85. The van der Waals surface area contributed by atoms with Crippen LogP contribution in [0.3, 0.4) is 0 Å². The Morgan fingerprint density at radius 1 is 1.20 bits per heavy atom. The van der Waals surface area contributed by atoms with Crippen LogP contribution < -0.4 is 22.8 Å². The summed E-state index contributed by atoms with van der Waals surface area (Å²) in [6.45, 7) is 0. The van der Waals surface area contributed by atoms with Crippen LogP contribution in [0.15, 0.2) is 4.79 Å². The molecule has 0 saturated heterocycles. The number of H-pyrrole nitrogens is 1. The molecule has 1 aromatic heterocycles. The van der Waals surface area contributed by atoms with E-state index in [9.17, 15) is 4.79 Å². The van der Waals surface area contributed by atoms with Crippen LogP contribution in [0.5, 0.6) is 0 Å². The molecule has 0 spiro atoms. The van der Waals surface area contributed by atoms with E-state index in [2.05, 4.69) is 9.97 Å². The number of hydrogen-bond donors (Lipinski definition) is 6. The van der Waals surface area contributed by atoms with Gasteiger partial charge in [0.1, 0.15) is 5.69 Å². The zero-order chi connectivity index (χ0) is 12.2. The number of rotatable bonds is 0. The number of nitrogen functional groups attached to an aromatic ring is 3. The van der Waals surface area contributed by atoms with Gasteiger partial charge in [0, 0.05) is 0 Å². The van der Waals surface area contributed by atoms with Crippen molar-refractivity contribution in [3.05, 3.63) is 10.4 Å². The highest BCUT2D eigenvalue weighted by atomic mass is 32.3. The van der Waals surface area contributed by atoms with Gasteiger partial charge in [0.2, 0.25) is 5.95 Å². The minimum absolute atomic E-state index is 0.0308. The Bertz CT molecular complexity index is 485. The molecule has 0 fully saturated rings. The summed E-state index contributed by atoms with van der Waals surface area (Å²) < 4.78 is 31.6. The Kier molecular flexibility index (Phi) is 4.02. The number of hydrogen-bond acceptors (Lipinski definition) is 7. The SMILES string of the molecule is Nc1n[13c](N)[13c](N)c(=O)[nH]1.O=S(=O)(O)O. The summed E-state index contributed by atoms with van der Waals surface area (Å²) in [5.41, 5.74) is 14.9. The molecular formula is C4H9N5O5S. The van der Waals surface area contributed by atoms with E-state index in [4.69, 9.17) is 34.7 Å². The Labute approximate surface area is 83.7 Å². The van der Waals surface area contributed by atoms with Crippen LogP contribution in [-0.2, 0) is 10.4 Å². The number of nitrogens with one attached hydrogen (secondary N) is 1. The van der Waals surface area contributed by atoms with Crippen LogP contribution in [0.2, 0.25) is 0 Å². The van der Waals surface area contributed by atoms with Crippen LogP contribution in [-0.4, -0.2) is 27.5 Å². The van der Waals surface area contributed by atoms with Crippen molar-refractivity contribution < 1.29 is 17.5 Å². The summed E-state index contributed by atoms with van der Waals surface area (Å²) in [6.07, 6.45) is 0. The highest BCUT2D eigenvalue weighted by Gasteiger charge is 2.00. The molecule has 0 bridgehead atoms. The Morgan fingerprint density at radius 2 is 1.60 bits per heavy atom. The van der Waals surface area contributed by atoms with Gasteiger partial charge in [-0.2, -0.15) is 13.4 Å². The first-order chi connectivity index (χ1) is 6.61. The number of nitrogens with two attached hydrogens (primary N) is 3. The van der Waals surface area contributed by atoms with Gasteiger partial charge in [-0.1, -0.05) is 0 Å². The molecule has 1 heterocycles. The molecule has 1 aromatic rings. The first-order valence-electron chi connectivity index (χ1n) is 3.22. The summed E-state index contributed by atoms with van der Waals surface area (Å²) in [5, 5.41) is 0. The molecule has 10 nitrogen and oxygen atoms in total. The fourth-order valence-corrected chi connectivity index (χ4v) is 0.518. The van der Waals surface area contributed by atoms with E-state index >= 15 is 0 Å². The molecule has 0 atom stereocenters. The first-order valence-corrected chi connectivity index (χ1v) is 4.61. The molecule has 9 N–H and O–H groups in total. The number of anilines is 3. The first kappa shape index (κ1) is 13.2. The molecule has 0 radical (unpaired) electrons. The van der Waals surface area contributed by atoms with E-state index in [0.29, 0.717) is 0 Å². The molecule has 0 aliphatic carbocycles. The highest BCUT2D eigenvalue weighted by molar-refractivity contribution is 7.79. The summed E-state index contributed by atoms with van der Waals surface area (Å²) >= 11 is 0. The Balaban J connectivity index is 0.000000336. The lowest BCUT2D eigenvalue weighted by atomic mass is 10.9. The van der Waals surface area contributed by atoms with Crippen molar-refractivity contribution >= 4 is 27.9 Å². The molecule has 86 valence electrons. The maximum Gasteiger partial charge on any atom is 0.394 e. The Morgan fingerprint density at radius 3 is 1.93 bits per heavy atom. The van der Waals surface area contributed by atoms with Gasteiger partial charge in [0.25, 0.3) is 5.56 Å². The fraction of sp³-hybridized carbons (Fsp3) is 0. The lowest BCUT2D eigenvalue weighted by molar-refractivity contribution is 0.381. The minimum atomic E-state index is -4.67. The van der Waals surface area contributed by atoms with Crippen molar-refractivity contribution in [3.63, 3.8) is 0 Å². The highest BCUT2D eigenvalue weighted by Crippen LogP contribution is 2.02. The summed E-state index contributed by atoms with van der Waals surface area (Å²) in [5.74, 6) is -0.0713. The minimum Gasteiger partial charge on any atom is -0.391 e. The number of aromatic amines is 1. The lowest BCUT2D eigenvalue weighted by Crippen LogP contribution is -2.17. The van der Waals surface area contributed by atoms with Crippen LogP contribution in [0.25, 0.3) is 0 Å². The molecule has 15 heavy (non-hydrogen) atoms. The fourth-order valence-electron chi connectivity index (χ4n) is 0.518. The summed E-state index contributed by atoms with van der Waals surface area (Å²) in [6, 6.07) is 0. The number of nitrogens with zero attached hydrogens (tertiary/aromatic N) is 1. The zero-order valence-electron chi connectivity index (χ0n) is 7.21. The predicted molar refractivity (Wildman–Crippen MR) is 52.3 cm³/mol. The lowest BCUT2D eigenvalue weighted by Gasteiger charge is -1.96. The molecule has 0 aliphatic rings. The molecule has 0 saturated carbocycles. The van der Waals surface area contributed by atoms with Gasteiger partial charge >= 0.3 is 10.4 Å². The third-order valence-electron chi connectivity index (χ3n) is 1.00. The van der Waals surface area contributed by atoms with Crippen molar-refractivity contribution in [1.29, 1.82) is 0 Å². The molecule has 1 rings (SSSR count). The summed E-state index contributed by atoms with van der Waals surface area (Å²) in [7, 11) is -4.67. The second kappa shape index (κ2) is 4.59. The third kappa shape index (κ3) is 6.25. The molecule has 0 amide bonds. The molecular weight excluding hydrogens is 232 g/mol. The average Bonchev–Trinajstić information content (AvgIpc) is 1.96. The predicted octanol–water partition coefficient (Wildman–Crippen LogP) is -2.14. The van der Waals surface area contributed by atoms with E-state index in [1.54, 1.807) is 0 Å². The molecule has 11 heteroatoms. The van der Waals surface area contributed by atoms with Crippen molar-refractivity contribution in [2.24, 2.45) is 0 Å². The van der Waals surface area contributed by atoms with E-state index < -0.39 is 16.0 Å². The zero-order valence-corrected chi connectivity index (χ0v) is 8.02. The average molecular weight is 241 g/mol. The van der Waals surface area contributed by atoms with Crippen LogP contribution >= 0.6 is 0 Å². The van der Waals surface area contributed by atoms with Crippen LogP contribution in [0.4, 0.5) is 17.5 Å². The van der Waals surface area contributed by atoms with E-state index in [1.807, 2.05) is 0 Å². The topological polar surface area (TPSA) is 198 Å². The largest absolute Gasteiger partial charge is 0.394 e. The van der Waals surface area contributed by atoms with Crippen molar-refractivity contribution in [1.82, 2.24) is 9.97 Å². The molecule has 0 aromatic carbocycles. The van der Waals surface area contributed by atoms with Gasteiger partial charge in [0.15, 0.2) is 5.82 Å². The van der Waals surface area contributed by atoms with Gasteiger partial charge in [0.05, 0.1) is 0 Å².